The zero-order chi connectivity index (χ0) is 21.4. The molecular weight excluding hydrogens is 383 g/mol. The highest BCUT2D eigenvalue weighted by molar-refractivity contribution is 6.12. The molecule has 1 unspecified atom stereocenters. The van der Waals surface area contributed by atoms with E-state index in [1.54, 1.807) is 12.1 Å². The van der Waals surface area contributed by atoms with Crippen molar-refractivity contribution in [3.05, 3.63) is 53.1 Å². The summed E-state index contributed by atoms with van der Waals surface area (Å²) in [6, 6.07) is 6.20. The van der Waals surface area contributed by atoms with E-state index in [0.29, 0.717) is 24.3 Å². The molecule has 4 rings (SSSR count). The van der Waals surface area contributed by atoms with Crippen LogP contribution in [-0.2, 0) is 7.05 Å². The predicted molar refractivity (Wildman–Crippen MR) is 115 cm³/mol. The third-order valence-corrected chi connectivity index (χ3v) is 6.24. The number of hydrogen-bond donors (Lipinski definition) is 0. The predicted octanol–water partition coefficient (Wildman–Crippen LogP) is 2.71. The van der Waals surface area contributed by atoms with E-state index in [0.717, 1.165) is 43.9 Å². The number of ketones is 1. The van der Waals surface area contributed by atoms with Crippen LogP contribution in [0.4, 0.5) is 10.1 Å². The number of fused-ring (bicyclic) bond motifs is 1. The first-order valence-electron chi connectivity index (χ1n) is 10.6. The van der Waals surface area contributed by atoms with Gasteiger partial charge in [0, 0.05) is 58.2 Å². The Balaban J connectivity index is 1.57. The minimum atomic E-state index is -0.342. The van der Waals surface area contributed by atoms with Gasteiger partial charge < -0.3 is 14.4 Å². The lowest BCUT2D eigenvalue weighted by Gasteiger charge is -2.40. The second-order valence-corrected chi connectivity index (χ2v) is 8.28. The minimum absolute atomic E-state index is 0.0304. The largest absolute Gasteiger partial charge is 0.369 e. The number of aromatic nitrogens is 1. The standard InChI is InChI=1S/C23H29FN4O2/c1-4-9-28-15-19(22(29)21-20(23(28)30)16(2)14-25(21)3)27-12-10-26(11-13-27)18-7-5-17(24)6-8-18/h5-8,14,19H,4,9-13,15H2,1-3H3. The molecule has 2 aliphatic rings. The van der Waals surface area contributed by atoms with Crippen LogP contribution in [0.2, 0.25) is 0 Å². The molecule has 160 valence electrons. The van der Waals surface area contributed by atoms with Gasteiger partial charge in [0.2, 0.25) is 0 Å². The highest BCUT2D eigenvalue weighted by atomic mass is 19.1. The Morgan fingerprint density at radius 2 is 1.73 bits per heavy atom. The fourth-order valence-electron chi connectivity index (χ4n) is 4.73. The summed E-state index contributed by atoms with van der Waals surface area (Å²) in [6.45, 7) is 7.99. The van der Waals surface area contributed by atoms with Gasteiger partial charge in [-0.2, -0.15) is 0 Å². The Hall–Kier alpha value is -2.67. The molecule has 3 heterocycles. The first-order chi connectivity index (χ1) is 14.4. The molecule has 1 aromatic heterocycles. The molecule has 6 nitrogen and oxygen atoms in total. The van der Waals surface area contributed by atoms with Gasteiger partial charge in [0.05, 0.1) is 17.3 Å². The molecule has 7 heteroatoms. The van der Waals surface area contributed by atoms with Crippen LogP contribution in [-0.4, -0.2) is 71.4 Å². The summed E-state index contributed by atoms with van der Waals surface area (Å²) in [5.74, 6) is -0.246. The molecule has 2 aromatic rings. The molecular formula is C23H29FN4O2. The van der Waals surface area contributed by atoms with Crippen molar-refractivity contribution in [3.63, 3.8) is 0 Å². The van der Waals surface area contributed by atoms with Gasteiger partial charge in [-0.25, -0.2) is 4.39 Å². The Labute approximate surface area is 176 Å². The molecule has 0 aliphatic carbocycles. The zero-order valence-electron chi connectivity index (χ0n) is 17.9. The van der Waals surface area contributed by atoms with Crippen molar-refractivity contribution >= 4 is 17.4 Å². The first-order valence-corrected chi connectivity index (χ1v) is 10.6. The number of halogens is 1. The number of Topliss-reactive ketones (excluding diaryl/α,β-unsaturated/α-hetero) is 1. The van der Waals surface area contributed by atoms with Crippen LogP contribution in [0.5, 0.6) is 0 Å². The van der Waals surface area contributed by atoms with Gasteiger partial charge in [0.15, 0.2) is 5.78 Å². The Kier molecular flexibility index (Phi) is 5.64. The number of hydrogen-bond acceptors (Lipinski definition) is 4. The third-order valence-electron chi connectivity index (χ3n) is 6.24. The van der Waals surface area contributed by atoms with Crippen molar-refractivity contribution in [2.45, 2.75) is 26.3 Å². The van der Waals surface area contributed by atoms with E-state index in [1.807, 2.05) is 29.6 Å². The second-order valence-electron chi connectivity index (χ2n) is 8.28. The SMILES string of the molecule is CCCN1CC(N2CCN(c3ccc(F)cc3)CC2)C(=O)c2c(c(C)cn2C)C1=O. The number of anilines is 1. The molecule has 0 radical (unpaired) electrons. The number of benzene rings is 1. The number of carbonyl (C=O) groups is 2. The highest BCUT2D eigenvalue weighted by Gasteiger charge is 2.40. The maximum Gasteiger partial charge on any atom is 0.256 e. The van der Waals surface area contributed by atoms with Gasteiger partial charge in [0.25, 0.3) is 5.91 Å². The van der Waals surface area contributed by atoms with Crippen LogP contribution >= 0.6 is 0 Å². The van der Waals surface area contributed by atoms with Crippen molar-refractivity contribution in [1.29, 1.82) is 0 Å². The number of carbonyl (C=O) groups excluding carboxylic acids is 2. The van der Waals surface area contributed by atoms with Crippen LogP contribution in [0.25, 0.3) is 0 Å². The Morgan fingerprint density at radius 3 is 2.37 bits per heavy atom. The van der Waals surface area contributed by atoms with E-state index in [1.165, 1.54) is 12.1 Å². The fraction of sp³-hybridized carbons (Fsp3) is 0.478. The third kappa shape index (κ3) is 3.62. The van der Waals surface area contributed by atoms with Crippen LogP contribution < -0.4 is 4.90 Å². The maximum atomic E-state index is 13.6. The van der Waals surface area contributed by atoms with Gasteiger partial charge in [-0.15, -0.1) is 0 Å². The summed E-state index contributed by atoms with van der Waals surface area (Å²) < 4.78 is 15.0. The van der Waals surface area contributed by atoms with Crippen LogP contribution in [0.1, 0.15) is 39.8 Å². The Bertz CT molecular complexity index is 945. The highest BCUT2D eigenvalue weighted by Crippen LogP contribution is 2.27. The molecule has 1 saturated heterocycles. The summed E-state index contributed by atoms with van der Waals surface area (Å²) in [6.07, 6.45) is 2.73. The van der Waals surface area contributed by atoms with E-state index < -0.39 is 0 Å². The monoisotopic (exact) mass is 412 g/mol. The van der Waals surface area contributed by atoms with E-state index in [2.05, 4.69) is 16.7 Å². The summed E-state index contributed by atoms with van der Waals surface area (Å²) in [5, 5.41) is 0. The summed E-state index contributed by atoms with van der Waals surface area (Å²) in [4.78, 5) is 33.0. The van der Waals surface area contributed by atoms with Gasteiger partial charge in [0.1, 0.15) is 5.82 Å². The Morgan fingerprint density at radius 1 is 1.07 bits per heavy atom. The molecule has 0 spiro atoms. The molecule has 30 heavy (non-hydrogen) atoms. The van der Waals surface area contributed by atoms with Crippen molar-refractivity contribution in [3.8, 4) is 0 Å². The fourth-order valence-corrected chi connectivity index (χ4v) is 4.73. The van der Waals surface area contributed by atoms with Crippen molar-refractivity contribution in [1.82, 2.24) is 14.4 Å². The lowest BCUT2D eigenvalue weighted by Crippen LogP contribution is -2.56. The zero-order valence-corrected chi connectivity index (χ0v) is 17.9. The average molecular weight is 413 g/mol. The van der Waals surface area contributed by atoms with Gasteiger partial charge in [-0.1, -0.05) is 6.92 Å². The minimum Gasteiger partial charge on any atom is -0.369 e. The smallest absolute Gasteiger partial charge is 0.256 e. The van der Waals surface area contributed by atoms with Crippen molar-refractivity contribution in [2.24, 2.45) is 7.05 Å². The molecule has 0 bridgehead atoms. The number of aryl methyl sites for hydroxylation is 2. The van der Waals surface area contributed by atoms with Crippen LogP contribution in [0, 0.1) is 12.7 Å². The van der Waals surface area contributed by atoms with Gasteiger partial charge in [-0.3, -0.25) is 14.5 Å². The van der Waals surface area contributed by atoms with Crippen molar-refractivity contribution in [2.75, 3.05) is 44.2 Å². The second kappa shape index (κ2) is 8.22. The number of rotatable bonds is 4. The molecule has 0 saturated carbocycles. The summed E-state index contributed by atoms with van der Waals surface area (Å²) in [7, 11) is 1.84. The average Bonchev–Trinajstić information content (AvgIpc) is 2.98. The molecule has 1 amide bonds. The topological polar surface area (TPSA) is 48.8 Å². The normalized spacial score (nSPS) is 20.5. The number of nitrogens with zero attached hydrogens (tertiary/aromatic N) is 4. The molecule has 0 N–H and O–H groups in total. The molecule has 2 aliphatic heterocycles. The van der Waals surface area contributed by atoms with Crippen LogP contribution in [0.15, 0.2) is 30.5 Å². The molecule has 1 aromatic carbocycles. The maximum absolute atomic E-state index is 13.6. The summed E-state index contributed by atoms with van der Waals surface area (Å²) >= 11 is 0. The number of amides is 1. The molecule has 1 fully saturated rings. The first kappa shape index (κ1) is 20.6. The van der Waals surface area contributed by atoms with E-state index in [4.69, 9.17) is 0 Å². The van der Waals surface area contributed by atoms with Crippen molar-refractivity contribution < 1.29 is 14.0 Å². The van der Waals surface area contributed by atoms with E-state index in [-0.39, 0.29) is 23.5 Å². The lowest BCUT2D eigenvalue weighted by molar-refractivity contribution is 0.0641. The summed E-state index contributed by atoms with van der Waals surface area (Å²) in [5.41, 5.74) is 2.94. The van der Waals surface area contributed by atoms with Crippen LogP contribution in [0.3, 0.4) is 0 Å². The van der Waals surface area contributed by atoms with E-state index in [9.17, 15) is 14.0 Å². The lowest BCUT2D eigenvalue weighted by atomic mass is 10.0. The van der Waals surface area contributed by atoms with E-state index >= 15 is 0 Å². The van der Waals surface area contributed by atoms with Gasteiger partial charge in [-0.05, 0) is 43.2 Å². The van der Waals surface area contributed by atoms with Gasteiger partial charge >= 0.3 is 0 Å². The molecule has 1 atom stereocenters. The quantitative estimate of drug-likeness (QED) is 0.775. The number of piperazine rings is 1.